The van der Waals surface area contributed by atoms with E-state index < -0.39 is 0 Å². The van der Waals surface area contributed by atoms with Crippen molar-refractivity contribution in [2.24, 2.45) is 0 Å². The maximum atomic E-state index is 11.8. The van der Waals surface area contributed by atoms with Gasteiger partial charge in [0.15, 0.2) is 0 Å². The van der Waals surface area contributed by atoms with Crippen LogP contribution in [0.15, 0.2) is 12.1 Å². The molecule has 1 amide bonds. The van der Waals surface area contributed by atoms with Crippen LogP contribution >= 0.6 is 0 Å². The molecule has 0 saturated carbocycles. The van der Waals surface area contributed by atoms with Crippen molar-refractivity contribution in [2.45, 2.75) is 32.6 Å². The number of benzene rings is 1. The molecule has 0 aromatic heterocycles. The molecule has 0 saturated heterocycles. The molecular formula is C13H15NO. The second kappa shape index (κ2) is 2.84. The largest absolute Gasteiger partial charge is 0.311 e. The number of aryl methyl sites for hydroxylation is 2. The van der Waals surface area contributed by atoms with Gasteiger partial charge < -0.3 is 4.90 Å². The molecule has 0 unspecified atom stereocenters. The first-order chi connectivity index (χ1) is 7.16. The SMILES string of the molecule is Cc1cc2c3c(c1)[C@H](C)CN3C(=O)CC2. The fourth-order valence-electron chi connectivity index (χ4n) is 2.85. The number of nitrogens with zero attached hydrogens (tertiary/aromatic N) is 1. The number of hydrogen-bond acceptors (Lipinski definition) is 1. The second-order valence-electron chi connectivity index (χ2n) is 4.77. The fraction of sp³-hybridized carbons (Fsp3) is 0.462. The summed E-state index contributed by atoms with van der Waals surface area (Å²) in [4.78, 5) is 13.8. The minimum atomic E-state index is 0.303. The van der Waals surface area contributed by atoms with E-state index in [0.717, 1.165) is 13.0 Å². The van der Waals surface area contributed by atoms with Crippen molar-refractivity contribution in [2.75, 3.05) is 11.4 Å². The zero-order valence-corrected chi connectivity index (χ0v) is 9.21. The van der Waals surface area contributed by atoms with Crippen LogP contribution in [0.5, 0.6) is 0 Å². The van der Waals surface area contributed by atoms with Crippen LogP contribution in [0.3, 0.4) is 0 Å². The molecule has 0 spiro atoms. The van der Waals surface area contributed by atoms with Gasteiger partial charge in [0, 0.05) is 18.9 Å². The molecular weight excluding hydrogens is 186 g/mol. The minimum absolute atomic E-state index is 0.303. The maximum Gasteiger partial charge on any atom is 0.227 e. The van der Waals surface area contributed by atoms with E-state index in [1.54, 1.807) is 0 Å². The molecule has 15 heavy (non-hydrogen) atoms. The molecule has 1 aromatic carbocycles. The van der Waals surface area contributed by atoms with Gasteiger partial charge >= 0.3 is 0 Å². The Balaban J connectivity index is 2.26. The highest BCUT2D eigenvalue weighted by Gasteiger charge is 2.34. The molecule has 2 heterocycles. The van der Waals surface area contributed by atoms with Gasteiger partial charge in [0.1, 0.15) is 0 Å². The molecule has 78 valence electrons. The van der Waals surface area contributed by atoms with Crippen molar-refractivity contribution in [3.63, 3.8) is 0 Å². The Morgan fingerprint density at radius 1 is 1.33 bits per heavy atom. The van der Waals surface area contributed by atoms with Crippen molar-refractivity contribution in [3.05, 3.63) is 28.8 Å². The lowest BCUT2D eigenvalue weighted by Gasteiger charge is -2.25. The quantitative estimate of drug-likeness (QED) is 0.631. The van der Waals surface area contributed by atoms with E-state index in [1.165, 1.54) is 22.4 Å². The maximum absolute atomic E-state index is 11.8. The van der Waals surface area contributed by atoms with Gasteiger partial charge in [-0.3, -0.25) is 4.79 Å². The molecule has 0 radical (unpaired) electrons. The number of amides is 1. The van der Waals surface area contributed by atoms with Crippen molar-refractivity contribution in [1.82, 2.24) is 0 Å². The first-order valence-corrected chi connectivity index (χ1v) is 5.60. The van der Waals surface area contributed by atoms with Crippen LogP contribution in [0.2, 0.25) is 0 Å². The normalized spacial score (nSPS) is 23.2. The average Bonchev–Trinajstić information content (AvgIpc) is 2.52. The van der Waals surface area contributed by atoms with E-state index in [-0.39, 0.29) is 0 Å². The van der Waals surface area contributed by atoms with Crippen LogP contribution < -0.4 is 4.90 Å². The van der Waals surface area contributed by atoms with E-state index in [4.69, 9.17) is 0 Å². The molecule has 0 bridgehead atoms. The number of carbonyl (C=O) groups is 1. The van der Waals surface area contributed by atoms with Crippen LogP contribution in [0, 0.1) is 6.92 Å². The topological polar surface area (TPSA) is 20.3 Å². The summed E-state index contributed by atoms with van der Waals surface area (Å²) in [5.41, 5.74) is 5.29. The molecule has 2 aliphatic heterocycles. The molecule has 3 rings (SSSR count). The van der Waals surface area contributed by atoms with Crippen LogP contribution in [-0.4, -0.2) is 12.5 Å². The lowest BCUT2D eigenvalue weighted by molar-refractivity contribution is -0.118. The van der Waals surface area contributed by atoms with Gasteiger partial charge in [-0.05, 0) is 24.5 Å². The van der Waals surface area contributed by atoms with Crippen LogP contribution in [-0.2, 0) is 11.2 Å². The number of hydrogen-bond donors (Lipinski definition) is 0. The smallest absolute Gasteiger partial charge is 0.227 e. The Morgan fingerprint density at radius 3 is 2.93 bits per heavy atom. The summed E-state index contributed by atoms with van der Waals surface area (Å²) in [5, 5.41) is 0. The van der Waals surface area contributed by atoms with Crippen molar-refractivity contribution < 1.29 is 4.79 Å². The number of anilines is 1. The summed E-state index contributed by atoms with van der Waals surface area (Å²) in [6.45, 7) is 5.23. The Morgan fingerprint density at radius 2 is 2.13 bits per heavy atom. The van der Waals surface area contributed by atoms with Gasteiger partial charge in [-0.1, -0.05) is 24.6 Å². The second-order valence-corrected chi connectivity index (χ2v) is 4.77. The van der Waals surface area contributed by atoms with E-state index in [2.05, 4.69) is 26.0 Å². The van der Waals surface area contributed by atoms with E-state index in [0.29, 0.717) is 18.2 Å². The summed E-state index contributed by atoms with van der Waals surface area (Å²) in [7, 11) is 0. The zero-order chi connectivity index (χ0) is 10.6. The molecule has 0 aliphatic carbocycles. The summed E-state index contributed by atoms with van der Waals surface area (Å²) in [6.07, 6.45) is 1.61. The van der Waals surface area contributed by atoms with Crippen LogP contribution in [0.25, 0.3) is 0 Å². The van der Waals surface area contributed by atoms with Crippen molar-refractivity contribution in [3.8, 4) is 0 Å². The van der Waals surface area contributed by atoms with Gasteiger partial charge in [-0.25, -0.2) is 0 Å². The zero-order valence-electron chi connectivity index (χ0n) is 9.21. The minimum Gasteiger partial charge on any atom is -0.311 e. The van der Waals surface area contributed by atoms with Gasteiger partial charge in [-0.15, -0.1) is 0 Å². The van der Waals surface area contributed by atoms with Gasteiger partial charge in [0.25, 0.3) is 0 Å². The van der Waals surface area contributed by atoms with E-state index in [9.17, 15) is 4.79 Å². The predicted molar refractivity (Wildman–Crippen MR) is 60.3 cm³/mol. The summed E-state index contributed by atoms with van der Waals surface area (Å²) in [5.74, 6) is 0.803. The van der Waals surface area contributed by atoms with Gasteiger partial charge in [-0.2, -0.15) is 0 Å². The van der Waals surface area contributed by atoms with Gasteiger partial charge in [0.2, 0.25) is 5.91 Å². The lowest BCUT2D eigenvalue weighted by Crippen LogP contribution is -2.33. The molecule has 2 aliphatic rings. The number of rotatable bonds is 0. The molecule has 1 atom stereocenters. The Kier molecular flexibility index (Phi) is 1.70. The highest BCUT2D eigenvalue weighted by molar-refractivity contribution is 5.99. The first-order valence-electron chi connectivity index (χ1n) is 5.60. The fourth-order valence-corrected chi connectivity index (χ4v) is 2.85. The molecule has 2 heteroatoms. The Labute approximate surface area is 89.9 Å². The third kappa shape index (κ3) is 1.14. The standard InChI is InChI=1S/C13H15NO/c1-8-5-10-3-4-12(15)14-7-9(2)11(6-8)13(10)14/h5-6,9H,3-4,7H2,1-2H3/t9-/m1/s1. The molecule has 0 N–H and O–H groups in total. The van der Waals surface area contributed by atoms with E-state index in [1.807, 2.05) is 4.90 Å². The summed E-state index contributed by atoms with van der Waals surface area (Å²) in [6, 6.07) is 4.47. The lowest BCUT2D eigenvalue weighted by atomic mass is 9.94. The predicted octanol–water partition coefficient (Wildman–Crippen LogP) is 2.39. The van der Waals surface area contributed by atoms with E-state index >= 15 is 0 Å². The Hall–Kier alpha value is -1.31. The Bertz CT molecular complexity index is 450. The molecule has 2 nitrogen and oxygen atoms in total. The molecule has 0 fully saturated rings. The highest BCUT2D eigenvalue weighted by Crippen LogP contribution is 2.42. The highest BCUT2D eigenvalue weighted by atomic mass is 16.2. The average molecular weight is 201 g/mol. The summed E-state index contributed by atoms with van der Waals surface area (Å²) >= 11 is 0. The monoisotopic (exact) mass is 201 g/mol. The van der Waals surface area contributed by atoms with Crippen LogP contribution in [0.4, 0.5) is 5.69 Å². The van der Waals surface area contributed by atoms with Crippen molar-refractivity contribution >= 4 is 11.6 Å². The van der Waals surface area contributed by atoms with Crippen molar-refractivity contribution in [1.29, 1.82) is 0 Å². The first kappa shape index (κ1) is 8.96. The number of carbonyl (C=O) groups excluding carboxylic acids is 1. The third-order valence-corrected chi connectivity index (χ3v) is 3.53. The van der Waals surface area contributed by atoms with Gasteiger partial charge in [0.05, 0.1) is 5.69 Å². The summed E-state index contributed by atoms with van der Waals surface area (Å²) < 4.78 is 0. The van der Waals surface area contributed by atoms with Crippen LogP contribution in [0.1, 0.15) is 36.0 Å². The third-order valence-electron chi connectivity index (χ3n) is 3.53. The molecule has 1 aromatic rings.